The molecule has 146 valence electrons. The zero-order valence-corrected chi connectivity index (χ0v) is 17.5. The molecule has 0 atom stereocenters. The van der Waals surface area contributed by atoms with Gasteiger partial charge in [-0.25, -0.2) is 0 Å². The predicted octanol–water partition coefficient (Wildman–Crippen LogP) is 6.89. The number of ether oxygens (including phenoxy) is 2. The topological polar surface area (TPSA) is 30.5 Å². The maximum atomic E-state index is 6.22. The van der Waals surface area contributed by atoms with Crippen LogP contribution in [0.15, 0.2) is 60.7 Å². The van der Waals surface area contributed by atoms with Crippen LogP contribution in [0.5, 0.6) is 11.5 Å². The van der Waals surface area contributed by atoms with Gasteiger partial charge in [-0.2, -0.15) is 0 Å². The van der Waals surface area contributed by atoms with E-state index in [1.165, 1.54) is 5.56 Å². The Kier molecular flexibility index (Phi) is 7.07. The summed E-state index contributed by atoms with van der Waals surface area (Å²) in [6.45, 7) is 5.73. The van der Waals surface area contributed by atoms with Gasteiger partial charge in [-0.15, -0.1) is 0 Å². The van der Waals surface area contributed by atoms with Gasteiger partial charge in [0, 0.05) is 11.6 Å². The van der Waals surface area contributed by atoms with Crippen LogP contribution in [0.25, 0.3) is 0 Å². The van der Waals surface area contributed by atoms with Crippen LogP contribution in [0.3, 0.4) is 0 Å². The molecule has 0 amide bonds. The van der Waals surface area contributed by atoms with Crippen molar-refractivity contribution in [3.05, 3.63) is 87.4 Å². The summed E-state index contributed by atoms with van der Waals surface area (Å²) in [5, 5.41) is 4.53. The van der Waals surface area contributed by atoms with Gasteiger partial charge in [-0.3, -0.25) is 0 Å². The fraction of sp³-hybridized carbons (Fsp3) is 0.217. The Morgan fingerprint density at radius 2 is 1.71 bits per heavy atom. The summed E-state index contributed by atoms with van der Waals surface area (Å²) in [7, 11) is 0. The van der Waals surface area contributed by atoms with Gasteiger partial charge in [0.25, 0.3) is 0 Å². The quantitative estimate of drug-likeness (QED) is 0.434. The Morgan fingerprint density at radius 1 is 0.893 bits per heavy atom. The lowest BCUT2D eigenvalue weighted by Crippen LogP contribution is -2.04. The third kappa shape index (κ3) is 5.34. The molecule has 3 aromatic rings. The highest BCUT2D eigenvalue weighted by atomic mass is 35.5. The van der Waals surface area contributed by atoms with E-state index in [1.807, 2.05) is 49.4 Å². The lowest BCUT2D eigenvalue weighted by Gasteiger charge is -2.15. The summed E-state index contributed by atoms with van der Waals surface area (Å²) in [5.41, 5.74) is 4.27. The average molecular weight is 416 g/mol. The van der Waals surface area contributed by atoms with Crippen molar-refractivity contribution in [3.8, 4) is 11.5 Å². The molecular formula is C23H23Cl2NO2. The van der Waals surface area contributed by atoms with Crippen LogP contribution in [0.2, 0.25) is 10.0 Å². The first-order valence-electron chi connectivity index (χ1n) is 9.18. The Balaban J connectivity index is 1.70. The van der Waals surface area contributed by atoms with Crippen LogP contribution >= 0.6 is 23.2 Å². The minimum Gasteiger partial charge on any atom is -0.490 e. The molecule has 3 rings (SSSR count). The average Bonchev–Trinajstić information content (AvgIpc) is 2.68. The van der Waals surface area contributed by atoms with Crippen molar-refractivity contribution >= 4 is 28.9 Å². The Morgan fingerprint density at radius 3 is 2.46 bits per heavy atom. The molecule has 0 saturated carbocycles. The third-order valence-electron chi connectivity index (χ3n) is 4.37. The lowest BCUT2D eigenvalue weighted by molar-refractivity contribution is 0.268. The van der Waals surface area contributed by atoms with E-state index in [9.17, 15) is 0 Å². The molecule has 0 aliphatic heterocycles. The molecule has 0 fully saturated rings. The fourth-order valence-electron chi connectivity index (χ4n) is 2.81. The fourth-order valence-corrected chi connectivity index (χ4v) is 3.28. The maximum Gasteiger partial charge on any atom is 0.161 e. The molecule has 0 radical (unpaired) electrons. The molecule has 0 heterocycles. The van der Waals surface area contributed by atoms with Crippen molar-refractivity contribution in [3.63, 3.8) is 0 Å². The molecule has 1 N–H and O–H groups in total. The highest BCUT2D eigenvalue weighted by molar-refractivity contribution is 6.36. The second-order valence-electron chi connectivity index (χ2n) is 6.41. The second kappa shape index (κ2) is 9.72. The van der Waals surface area contributed by atoms with Crippen molar-refractivity contribution in [2.75, 3.05) is 11.9 Å². The highest BCUT2D eigenvalue weighted by Gasteiger charge is 2.09. The maximum absolute atomic E-state index is 6.22. The van der Waals surface area contributed by atoms with E-state index >= 15 is 0 Å². The minimum absolute atomic E-state index is 0.505. The molecule has 3 aromatic carbocycles. The number of aryl methyl sites for hydroxylation is 1. The summed E-state index contributed by atoms with van der Waals surface area (Å²) < 4.78 is 11.8. The van der Waals surface area contributed by atoms with E-state index in [1.54, 1.807) is 6.07 Å². The van der Waals surface area contributed by atoms with E-state index in [0.29, 0.717) is 29.8 Å². The molecule has 0 aromatic heterocycles. The SMILES string of the molecule is CCOc1cc(CNc2ccc(Cl)cc2Cl)ccc1OCc1ccccc1C. The first-order valence-corrected chi connectivity index (χ1v) is 9.94. The molecular weight excluding hydrogens is 393 g/mol. The summed E-state index contributed by atoms with van der Waals surface area (Å²) in [6.07, 6.45) is 0. The number of rotatable bonds is 8. The molecule has 3 nitrogen and oxygen atoms in total. The zero-order valence-electron chi connectivity index (χ0n) is 16.0. The van der Waals surface area contributed by atoms with Crippen LogP contribution in [0, 0.1) is 6.92 Å². The van der Waals surface area contributed by atoms with Gasteiger partial charge in [0.05, 0.1) is 17.3 Å². The Bertz CT molecular complexity index is 944. The van der Waals surface area contributed by atoms with Gasteiger partial charge in [-0.1, -0.05) is 53.5 Å². The van der Waals surface area contributed by atoms with Crippen molar-refractivity contribution in [1.82, 2.24) is 0 Å². The largest absolute Gasteiger partial charge is 0.490 e. The normalized spacial score (nSPS) is 10.6. The first kappa shape index (κ1) is 20.4. The summed E-state index contributed by atoms with van der Waals surface area (Å²) in [4.78, 5) is 0. The Hall–Kier alpha value is -2.36. The summed E-state index contributed by atoms with van der Waals surface area (Å²) >= 11 is 12.2. The molecule has 0 saturated heterocycles. The highest BCUT2D eigenvalue weighted by Crippen LogP contribution is 2.31. The van der Waals surface area contributed by atoms with Crippen molar-refractivity contribution < 1.29 is 9.47 Å². The third-order valence-corrected chi connectivity index (χ3v) is 4.91. The van der Waals surface area contributed by atoms with Crippen molar-refractivity contribution in [2.45, 2.75) is 27.0 Å². The van der Waals surface area contributed by atoms with Gasteiger partial charge in [0.15, 0.2) is 11.5 Å². The predicted molar refractivity (Wildman–Crippen MR) is 117 cm³/mol. The number of hydrogen-bond acceptors (Lipinski definition) is 3. The van der Waals surface area contributed by atoms with Crippen LogP contribution < -0.4 is 14.8 Å². The lowest BCUT2D eigenvalue weighted by atomic mass is 10.1. The molecule has 0 aliphatic carbocycles. The number of nitrogens with one attached hydrogen (secondary N) is 1. The molecule has 5 heteroatoms. The zero-order chi connectivity index (χ0) is 19.9. The monoisotopic (exact) mass is 415 g/mol. The molecule has 0 spiro atoms. The van der Waals surface area contributed by atoms with E-state index in [2.05, 4.69) is 24.4 Å². The molecule has 0 aliphatic rings. The number of benzene rings is 3. The van der Waals surface area contributed by atoms with Crippen molar-refractivity contribution in [1.29, 1.82) is 0 Å². The Labute approximate surface area is 176 Å². The van der Waals surface area contributed by atoms with Gasteiger partial charge < -0.3 is 14.8 Å². The van der Waals surface area contributed by atoms with Crippen molar-refractivity contribution in [2.24, 2.45) is 0 Å². The van der Waals surface area contributed by atoms with E-state index in [-0.39, 0.29) is 0 Å². The van der Waals surface area contributed by atoms with Crippen LogP contribution in [0.1, 0.15) is 23.6 Å². The summed E-state index contributed by atoms with van der Waals surface area (Å²) in [5.74, 6) is 1.47. The van der Waals surface area contributed by atoms with E-state index in [0.717, 1.165) is 28.3 Å². The van der Waals surface area contributed by atoms with Gasteiger partial charge in [-0.05, 0) is 60.9 Å². The van der Waals surface area contributed by atoms with Gasteiger partial charge in [0.1, 0.15) is 6.61 Å². The number of anilines is 1. The smallest absolute Gasteiger partial charge is 0.161 e. The number of halogens is 2. The molecule has 28 heavy (non-hydrogen) atoms. The van der Waals surface area contributed by atoms with Gasteiger partial charge in [0.2, 0.25) is 0 Å². The van der Waals surface area contributed by atoms with Crippen LogP contribution in [-0.2, 0) is 13.2 Å². The second-order valence-corrected chi connectivity index (χ2v) is 7.25. The molecule has 0 unspecified atom stereocenters. The van der Waals surface area contributed by atoms with E-state index < -0.39 is 0 Å². The van der Waals surface area contributed by atoms with Crippen LogP contribution in [-0.4, -0.2) is 6.61 Å². The molecule has 0 bridgehead atoms. The summed E-state index contributed by atoms with van der Waals surface area (Å²) in [6, 6.07) is 19.6. The van der Waals surface area contributed by atoms with Crippen LogP contribution in [0.4, 0.5) is 5.69 Å². The minimum atomic E-state index is 0.505. The number of hydrogen-bond donors (Lipinski definition) is 1. The first-order chi connectivity index (χ1) is 13.6. The van der Waals surface area contributed by atoms with Gasteiger partial charge >= 0.3 is 0 Å². The van der Waals surface area contributed by atoms with E-state index in [4.69, 9.17) is 32.7 Å². The standard InChI is InChI=1S/C23H23Cl2NO2/c1-3-27-23-12-17(14-26-21-10-9-19(24)13-20(21)25)8-11-22(23)28-15-18-7-5-4-6-16(18)2/h4-13,26H,3,14-15H2,1-2H3.